The molecule has 1 aromatic carbocycles. The van der Waals surface area contributed by atoms with E-state index >= 15 is 0 Å². The van der Waals surface area contributed by atoms with Crippen molar-refractivity contribution in [3.8, 4) is 5.69 Å². The monoisotopic (exact) mass is 367 g/mol. The van der Waals surface area contributed by atoms with Gasteiger partial charge in [-0.1, -0.05) is 23.4 Å². The van der Waals surface area contributed by atoms with Crippen molar-refractivity contribution in [1.82, 2.24) is 25.1 Å². The van der Waals surface area contributed by atoms with Crippen molar-refractivity contribution in [3.05, 3.63) is 29.3 Å². The predicted molar refractivity (Wildman–Crippen MR) is 91.5 cm³/mol. The van der Waals surface area contributed by atoms with E-state index in [1.54, 1.807) is 16.8 Å². The Hall–Kier alpha value is -1.64. The number of halogens is 1. The number of carbonyl (C=O) groups excluding carboxylic acids is 1. The van der Waals surface area contributed by atoms with Gasteiger partial charge in [-0.2, -0.15) is 4.68 Å². The number of morpholine rings is 1. The van der Waals surface area contributed by atoms with Crippen molar-refractivity contribution in [2.75, 3.05) is 18.8 Å². The fourth-order valence-corrected chi connectivity index (χ4v) is 3.53. The van der Waals surface area contributed by atoms with Gasteiger partial charge >= 0.3 is 0 Å². The molecule has 7 nitrogen and oxygen atoms in total. The first-order chi connectivity index (χ1) is 11.5. The zero-order valence-corrected chi connectivity index (χ0v) is 15.0. The normalized spacial score (nSPS) is 21.0. The highest BCUT2D eigenvalue weighted by atomic mass is 35.5. The molecule has 2 aromatic rings. The van der Waals surface area contributed by atoms with Crippen LogP contribution in [0, 0.1) is 0 Å². The maximum absolute atomic E-state index is 12.4. The van der Waals surface area contributed by atoms with E-state index in [4.69, 9.17) is 16.3 Å². The molecule has 0 bridgehead atoms. The van der Waals surface area contributed by atoms with Gasteiger partial charge in [0.15, 0.2) is 0 Å². The molecule has 2 heterocycles. The number of rotatable bonds is 4. The van der Waals surface area contributed by atoms with Crippen LogP contribution >= 0.6 is 23.4 Å². The van der Waals surface area contributed by atoms with E-state index in [0.29, 0.717) is 23.3 Å². The molecule has 9 heteroatoms. The standard InChI is InChI=1S/C15H18ClN5O2S/c1-10-7-20(8-11(2)23-10)14(22)9-24-15-17-18-19-21(15)13-5-3-12(16)4-6-13/h3-6,10-11H,7-9H2,1-2H3/t10-,11+. The van der Waals surface area contributed by atoms with Crippen molar-refractivity contribution in [1.29, 1.82) is 0 Å². The second kappa shape index (κ2) is 7.50. The van der Waals surface area contributed by atoms with E-state index in [2.05, 4.69) is 15.5 Å². The van der Waals surface area contributed by atoms with Crippen LogP contribution in [-0.4, -0.2) is 62.1 Å². The lowest BCUT2D eigenvalue weighted by molar-refractivity contribution is -0.140. The quantitative estimate of drug-likeness (QED) is 0.770. The molecule has 0 saturated carbocycles. The molecule has 2 atom stereocenters. The van der Waals surface area contributed by atoms with Gasteiger partial charge in [0.05, 0.1) is 23.6 Å². The van der Waals surface area contributed by atoms with Crippen LogP contribution < -0.4 is 0 Å². The molecule has 0 spiro atoms. The summed E-state index contributed by atoms with van der Waals surface area (Å²) in [4.78, 5) is 14.3. The van der Waals surface area contributed by atoms with Crippen molar-refractivity contribution >= 4 is 29.3 Å². The van der Waals surface area contributed by atoms with Gasteiger partial charge in [-0.25, -0.2) is 0 Å². The molecule has 0 unspecified atom stereocenters. The van der Waals surface area contributed by atoms with Crippen molar-refractivity contribution < 1.29 is 9.53 Å². The van der Waals surface area contributed by atoms with Crippen LogP contribution in [0.25, 0.3) is 5.69 Å². The molecular weight excluding hydrogens is 350 g/mol. The lowest BCUT2D eigenvalue weighted by Crippen LogP contribution is -2.48. The van der Waals surface area contributed by atoms with Crippen LogP contribution in [0.5, 0.6) is 0 Å². The Bertz CT molecular complexity index is 698. The molecule has 1 aliphatic heterocycles. The Labute approximate surface area is 149 Å². The third kappa shape index (κ3) is 4.06. The van der Waals surface area contributed by atoms with Crippen LogP contribution in [-0.2, 0) is 9.53 Å². The average molecular weight is 368 g/mol. The third-order valence-corrected chi connectivity index (χ3v) is 4.77. The summed E-state index contributed by atoms with van der Waals surface area (Å²) in [5.41, 5.74) is 0.799. The Kier molecular flexibility index (Phi) is 5.37. The predicted octanol–water partition coefficient (Wildman–Crippen LogP) is 2.04. The van der Waals surface area contributed by atoms with Crippen molar-refractivity contribution in [3.63, 3.8) is 0 Å². The van der Waals surface area contributed by atoms with Crippen LogP contribution in [0.4, 0.5) is 0 Å². The van der Waals surface area contributed by atoms with Crippen molar-refractivity contribution in [2.45, 2.75) is 31.2 Å². The molecule has 0 radical (unpaired) electrons. The Morgan fingerprint density at radius 2 is 1.96 bits per heavy atom. The minimum absolute atomic E-state index is 0.0575. The summed E-state index contributed by atoms with van der Waals surface area (Å²) in [5, 5.41) is 12.9. The summed E-state index contributed by atoms with van der Waals surface area (Å²) in [5.74, 6) is 0.348. The van der Waals surface area contributed by atoms with Crippen LogP contribution in [0.2, 0.25) is 5.02 Å². The summed E-state index contributed by atoms with van der Waals surface area (Å²) in [6.07, 6.45) is 0.115. The zero-order valence-electron chi connectivity index (χ0n) is 13.4. The molecule has 3 rings (SSSR count). The number of thioether (sulfide) groups is 1. The number of hydrogen-bond donors (Lipinski definition) is 0. The van der Waals surface area contributed by atoms with Gasteiger partial charge in [0.25, 0.3) is 0 Å². The average Bonchev–Trinajstić information content (AvgIpc) is 3.01. The Balaban J connectivity index is 1.64. The number of aromatic nitrogens is 4. The van der Waals surface area contributed by atoms with E-state index in [1.807, 2.05) is 30.9 Å². The molecule has 1 fully saturated rings. The van der Waals surface area contributed by atoms with Gasteiger partial charge in [0.1, 0.15) is 0 Å². The van der Waals surface area contributed by atoms with E-state index in [9.17, 15) is 4.79 Å². The smallest absolute Gasteiger partial charge is 0.233 e. The van der Waals surface area contributed by atoms with E-state index in [-0.39, 0.29) is 23.9 Å². The molecule has 1 amide bonds. The first-order valence-corrected chi connectivity index (χ1v) is 8.99. The van der Waals surface area contributed by atoms with E-state index in [0.717, 1.165) is 5.69 Å². The van der Waals surface area contributed by atoms with Gasteiger partial charge in [-0.3, -0.25) is 4.79 Å². The molecule has 0 aliphatic carbocycles. The molecule has 1 aliphatic rings. The minimum Gasteiger partial charge on any atom is -0.372 e. The van der Waals surface area contributed by atoms with E-state index < -0.39 is 0 Å². The van der Waals surface area contributed by atoms with Gasteiger partial charge < -0.3 is 9.64 Å². The SMILES string of the molecule is C[C@@H]1CN(C(=O)CSc2nnnn2-c2ccc(Cl)cc2)C[C@H](C)O1. The summed E-state index contributed by atoms with van der Waals surface area (Å²) in [7, 11) is 0. The van der Waals surface area contributed by atoms with Crippen LogP contribution in [0.1, 0.15) is 13.8 Å². The Morgan fingerprint density at radius 1 is 1.29 bits per heavy atom. The largest absolute Gasteiger partial charge is 0.372 e. The second-order valence-electron chi connectivity index (χ2n) is 5.69. The zero-order chi connectivity index (χ0) is 17.1. The summed E-state index contributed by atoms with van der Waals surface area (Å²) in [6.45, 7) is 5.19. The number of hydrogen-bond acceptors (Lipinski definition) is 6. The lowest BCUT2D eigenvalue weighted by atomic mass is 10.2. The van der Waals surface area contributed by atoms with Crippen LogP contribution in [0.15, 0.2) is 29.4 Å². The van der Waals surface area contributed by atoms with E-state index in [1.165, 1.54) is 11.8 Å². The maximum atomic E-state index is 12.4. The molecular formula is C15H18ClN5O2S. The van der Waals surface area contributed by atoms with Gasteiger partial charge in [-0.15, -0.1) is 5.10 Å². The highest BCUT2D eigenvalue weighted by Gasteiger charge is 2.26. The second-order valence-corrected chi connectivity index (χ2v) is 7.07. The Morgan fingerprint density at radius 3 is 2.62 bits per heavy atom. The molecule has 24 heavy (non-hydrogen) atoms. The summed E-state index contributed by atoms with van der Waals surface area (Å²) < 4.78 is 7.25. The highest BCUT2D eigenvalue weighted by molar-refractivity contribution is 7.99. The maximum Gasteiger partial charge on any atom is 0.233 e. The van der Waals surface area contributed by atoms with Crippen molar-refractivity contribution in [2.24, 2.45) is 0 Å². The first-order valence-electron chi connectivity index (χ1n) is 7.63. The highest BCUT2D eigenvalue weighted by Crippen LogP contribution is 2.21. The van der Waals surface area contributed by atoms with Gasteiger partial charge in [0.2, 0.25) is 11.1 Å². The number of amides is 1. The number of benzene rings is 1. The number of tetrazole rings is 1. The number of nitrogens with zero attached hydrogens (tertiary/aromatic N) is 5. The number of ether oxygens (including phenoxy) is 1. The third-order valence-electron chi connectivity index (χ3n) is 3.61. The summed E-state index contributed by atoms with van der Waals surface area (Å²) in [6, 6.07) is 7.20. The molecule has 1 saturated heterocycles. The first kappa shape index (κ1) is 17.2. The fourth-order valence-electron chi connectivity index (χ4n) is 2.61. The number of carbonyl (C=O) groups is 1. The van der Waals surface area contributed by atoms with Crippen LogP contribution in [0.3, 0.4) is 0 Å². The van der Waals surface area contributed by atoms with Gasteiger partial charge in [-0.05, 0) is 48.5 Å². The fraction of sp³-hybridized carbons (Fsp3) is 0.467. The molecule has 0 N–H and O–H groups in total. The van der Waals surface area contributed by atoms with Gasteiger partial charge in [0, 0.05) is 18.1 Å². The lowest BCUT2D eigenvalue weighted by Gasteiger charge is -2.35. The topological polar surface area (TPSA) is 73.1 Å². The summed E-state index contributed by atoms with van der Waals surface area (Å²) >= 11 is 7.22. The molecule has 1 aromatic heterocycles. The minimum atomic E-state index is 0.0575. The molecule has 128 valence electrons.